The highest BCUT2D eigenvalue weighted by molar-refractivity contribution is 7.93. The summed E-state index contributed by atoms with van der Waals surface area (Å²) in [6.07, 6.45) is 4.30. The Labute approximate surface area is 130 Å². The van der Waals surface area contributed by atoms with E-state index in [0.29, 0.717) is 23.4 Å². The Morgan fingerprint density at radius 1 is 1.41 bits per heavy atom. The normalized spacial score (nSPS) is 21.2. The van der Waals surface area contributed by atoms with Crippen LogP contribution in [0.5, 0.6) is 0 Å². The van der Waals surface area contributed by atoms with Crippen molar-refractivity contribution in [3.8, 4) is 0 Å². The van der Waals surface area contributed by atoms with Crippen molar-refractivity contribution in [3.63, 3.8) is 0 Å². The van der Waals surface area contributed by atoms with Gasteiger partial charge in [-0.05, 0) is 31.0 Å². The van der Waals surface area contributed by atoms with Crippen molar-refractivity contribution in [2.75, 3.05) is 18.6 Å². The van der Waals surface area contributed by atoms with Crippen LogP contribution in [-0.2, 0) is 19.3 Å². The van der Waals surface area contributed by atoms with Crippen LogP contribution >= 0.6 is 0 Å². The first-order valence-corrected chi connectivity index (χ1v) is 9.15. The first-order chi connectivity index (χ1) is 10.4. The van der Waals surface area contributed by atoms with Crippen LogP contribution in [0.25, 0.3) is 0 Å². The summed E-state index contributed by atoms with van der Waals surface area (Å²) in [6.45, 7) is 0. The Balaban J connectivity index is 2.13. The van der Waals surface area contributed by atoms with E-state index in [9.17, 15) is 13.8 Å². The minimum absolute atomic E-state index is 0.0900. The van der Waals surface area contributed by atoms with Gasteiger partial charge < -0.3 is 10.6 Å². The topological polar surface area (TPSA) is 87.6 Å². The second-order valence-electron chi connectivity index (χ2n) is 5.37. The number of hydrogen-bond donors (Lipinski definition) is 2. The van der Waals surface area contributed by atoms with Crippen molar-refractivity contribution < 1.29 is 13.8 Å². The predicted octanol–water partition coefficient (Wildman–Crippen LogP) is 1.77. The third-order valence-electron chi connectivity index (χ3n) is 3.69. The van der Waals surface area contributed by atoms with Crippen molar-refractivity contribution in [1.82, 2.24) is 5.32 Å². The lowest BCUT2D eigenvalue weighted by Crippen LogP contribution is -2.42. The molecule has 120 valence electrons. The molecule has 2 amide bonds. The summed E-state index contributed by atoms with van der Waals surface area (Å²) in [6, 6.07) is 6.32. The van der Waals surface area contributed by atoms with Gasteiger partial charge in [0, 0.05) is 30.3 Å². The summed E-state index contributed by atoms with van der Waals surface area (Å²) in [4.78, 5) is 24.4. The molecule has 1 saturated heterocycles. The van der Waals surface area contributed by atoms with E-state index in [4.69, 9.17) is 0 Å². The summed E-state index contributed by atoms with van der Waals surface area (Å²) < 4.78 is 16.1. The van der Waals surface area contributed by atoms with Crippen molar-refractivity contribution in [2.24, 2.45) is 4.36 Å². The van der Waals surface area contributed by atoms with Crippen LogP contribution in [0.15, 0.2) is 33.5 Å². The number of anilines is 1. The molecule has 2 atom stereocenters. The molecule has 0 bridgehead atoms. The average Bonchev–Trinajstić information content (AvgIpc) is 2.72. The number of benzene rings is 1. The zero-order valence-electron chi connectivity index (χ0n) is 12.8. The maximum absolute atomic E-state index is 12.3. The molecule has 1 fully saturated rings. The second kappa shape index (κ2) is 6.91. The molecular formula is C15H21N3O3S. The molecule has 2 N–H and O–H groups in total. The van der Waals surface area contributed by atoms with Gasteiger partial charge in [0.15, 0.2) is 0 Å². The van der Waals surface area contributed by atoms with Gasteiger partial charge in [-0.1, -0.05) is 12.5 Å². The Hall–Kier alpha value is -1.89. The molecular weight excluding hydrogens is 302 g/mol. The molecule has 1 aliphatic heterocycles. The molecule has 0 spiro atoms. The third kappa shape index (κ3) is 4.07. The maximum Gasteiger partial charge on any atom is 0.246 e. The first kappa shape index (κ1) is 16.5. The molecule has 1 aliphatic rings. The number of nitrogens with one attached hydrogen (secondary N) is 2. The Bertz CT molecular complexity index is 693. The van der Waals surface area contributed by atoms with E-state index in [-0.39, 0.29) is 11.8 Å². The maximum atomic E-state index is 12.3. The van der Waals surface area contributed by atoms with Crippen LogP contribution in [0, 0.1) is 0 Å². The second-order valence-corrected chi connectivity index (χ2v) is 7.81. The summed E-state index contributed by atoms with van der Waals surface area (Å²) in [5.74, 6) is -0.337. The van der Waals surface area contributed by atoms with E-state index >= 15 is 0 Å². The van der Waals surface area contributed by atoms with E-state index in [1.165, 1.54) is 7.05 Å². The summed E-state index contributed by atoms with van der Waals surface area (Å²) >= 11 is 0. The standard InChI is InChI=1S/C15H21N3O3S/c1-16-22(2,21)12-7-5-6-11(10-12)17-15(20)13-8-3-4-9-14(19)18-13/h5-7,10,13H,3-4,8-9H2,1-2H3,(H,17,20)(H,18,19)/t13-,22-/m0/s1. The molecule has 7 heteroatoms. The molecule has 1 heterocycles. The minimum Gasteiger partial charge on any atom is -0.344 e. The van der Waals surface area contributed by atoms with Crippen molar-refractivity contribution >= 4 is 27.2 Å². The highest BCUT2D eigenvalue weighted by Crippen LogP contribution is 2.18. The number of carbonyl (C=O) groups is 2. The molecule has 0 aliphatic carbocycles. The van der Waals surface area contributed by atoms with Gasteiger partial charge in [-0.2, -0.15) is 0 Å². The van der Waals surface area contributed by atoms with Gasteiger partial charge >= 0.3 is 0 Å². The van der Waals surface area contributed by atoms with Crippen LogP contribution in [0.3, 0.4) is 0 Å². The number of hydrogen-bond acceptors (Lipinski definition) is 4. The third-order valence-corrected chi connectivity index (χ3v) is 5.51. The van der Waals surface area contributed by atoms with Gasteiger partial charge in [0.2, 0.25) is 11.8 Å². The van der Waals surface area contributed by atoms with Gasteiger partial charge in [0.25, 0.3) is 0 Å². The monoisotopic (exact) mass is 323 g/mol. The first-order valence-electron chi connectivity index (χ1n) is 7.23. The summed E-state index contributed by atoms with van der Waals surface area (Å²) in [7, 11) is -0.933. The molecule has 1 aromatic rings. The van der Waals surface area contributed by atoms with E-state index in [2.05, 4.69) is 15.0 Å². The zero-order valence-corrected chi connectivity index (χ0v) is 13.6. The highest BCUT2D eigenvalue weighted by Gasteiger charge is 2.23. The van der Waals surface area contributed by atoms with Crippen LogP contribution in [0.4, 0.5) is 5.69 Å². The highest BCUT2D eigenvalue weighted by atomic mass is 32.2. The summed E-state index contributed by atoms with van der Waals surface area (Å²) in [5.41, 5.74) is 0.555. The van der Waals surface area contributed by atoms with Crippen molar-refractivity contribution in [2.45, 2.75) is 36.6 Å². The molecule has 1 aromatic carbocycles. The molecule has 0 unspecified atom stereocenters. The number of nitrogens with zero attached hydrogens (tertiary/aromatic N) is 1. The average molecular weight is 323 g/mol. The van der Waals surface area contributed by atoms with E-state index in [1.54, 1.807) is 30.5 Å². The quantitative estimate of drug-likeness (QED) is 0.888. The molecule has 0 saturated carbocycles. The largest absolute Gasteiger partial charge is 0.344 e. The fourth-order valence-corrected chi connectivity index (χ4v) is 3.20. The number of carbonyl (C=O) groups excluding carboxylic acids is 2. The van der Waals surface area contributed by atoms with Crippen LogP contribution in [0.1, 0.15) is 25.7 Å². The number of rotatable bonds is 3. The van der Waals surface area contributed by atoms with E-state index < -0.39 is 15.8 Å². The van der Waals surface area contributed by atoms with E-state index in [1.807, 2.05) is 0 Å². The van der Waals surface area contributed by atoms with Gasteiger partial charge in [0.05, 0.1) is 9.73 Å². The molecule has 22 heavy (non-hydrogen) atoms. The Morgan fingerprint density at radius 3 is 2.91 bits per heavy atom. The lowest BCUT2D eigenvalue weighted by molar-refractivity contribution is -0.125. The van der Waals surface area contributed by atoms with Crippen LogP contribution in [-0.4, -0.2) is 35.4 Å². The van der Waals surface area contributed by atoms with Gasteiger partial charge in [-0.25, -0.2) is 8.57 Å². The Morgan fingerprint density at radius 2 is 2.18 bits per heavy atom. The fourth-order valence-electron chi connectivity index (χ4n) is 2.31. The van der Waals surface area contributed by atoms with Crippen LogP contribution in [0.2, 0.25) is 0 Å². The zero-order chi connectivity index (χ0) is 16.2. The molecule has 2 rings (SSSR count). The lowest BCUT2D eigenvalue weighted by atomic mass is 10.1. The number of amides is 2. The molecule has 0 aromatic heterocycles. The molecule has 0 radical (unpaired) electrons. The minimum atomic E-state index is -2.44. The van der Waals surface area contributed by atoms with Gasteiger partial charge in [0.1, 0.15) is 6.04 Å². The van der Waals surface area contributed by atoms with Crippen molar-refractivity contribution in [3.05, 3.63) is 24.3 Å². The van der Waals surface area contributed by atoms with Gasteiger partial charge in [-0.15, -0.1) is 0 Å². The smallest absolute Gasteiger partial charge is 0.246 e. The SMILES string of the molecule is CN=[S@@](C)(=O)c1cccc(NC(=O)[C@@H]2CCCCC(=O)N2)c1. The fraction of sp³-hybridized carbons (Fsp3) is 0.467. The van der Waals surface area contributed by atoms with Gasteiger partial charge in [-0.3, -0.25) is 9.59 Å². The summed E-state index contributed by atoms with van der Waals surface area (Å²) in [5, 5.41) is 5.50. The predicted molar refractivity (Wildman–Crippen MR) is 86.2 cm³/mol. The Kier molecular flexibility index (Phi) is 5.18. The van der Waals surface area contributed by atoms with E-state index in [0.717, 1.165) is 12.8 Å². The molecule has 6 nitrogen and oxygen atoms in total. The van der Waals surface area contributed by atoms with Crippen molar-refractivity contribution in [1.29, 1.82) is 0 Å². The van der Waals surface area contributed by atoms with Crippen LogP contribution < -0.4 is 10.6 Å². The lowest BCUT2D eigenvalue weighted by Gasteiger charge is -2.16.